The van der Waals surface area contributed by atoms with Crippen molar-refractivity contribution >= 4 is 5.97 Å². The summed E-state index contributed by atoms with van der Waals surface area (Å²) in [5.41, 5.74) is -4.47. The summed E-state index contributed by atoms with van der Waals surface area (Å²) in [6, 6.07) is 24.7. The smallest absolute Gasteiger partial charge is 0.345 e. The molecule has 7 aliphatic rings. The van der Waals surface area contributed by atoms with Gasteiger partial charge in [0.05, 0.1) is 60.9 Å². The molecule has 17 atom stereocenters. The number of aromatic nitrogens is 2. The first-order chi connectivity index (χ1) is 40.0. The average Bonchev–Trinajstić information content (AvgIpc) is 0.782. The highest BCUT2D eigenvalue weighted by atomic mass is 19.1. The summed E-state index contributed by atoms with van der Waals surface area (Å²) < 4.78 is 58.5. The molecule has 5 fully saturated rings. The summed E-state index contributed by atoms with van der Waals surface area (Å²) in [6.45, 7) is 11.6. The maximum atomic E-state index is 14.8. The van der Waals surface area contributed by atoms with Crippen molar-refractivity contribution in [2.75, 3.05) is 13.2 Å². The Bertz CT molecular complexity index is 3670. The molecular formula is C65H68FN3O15. The predicted molar refractivity (Wildman–Crippen MR) is 298 cm³/mol. The number of carbonyl (C=O) groups excluding carboxylic acids is 1. The van der Waals surface area contributed by atoms with Gasteiger partial charge in [0.25, 0.3) is 0 Å². The number of hydrogen-bond donors (Lipinski definition) is 5. The molecule has 4 aliphatic carbocycles. The fourth-order valence-electron chi connectivity index (χ4n) is 16.6. The number of fused-ring (bicyclic) bond motifs is 10. The summed E-state index contributed by atoms with van der Waals surface area (Å²) in [5, 5.41) is 65.5. The van der Waals surface area contributed by atoms with Crippen molar-refractivity contribution in [3.05, 3.63) is 164 Å². The van der Waals surface area contributed by atoms with Gasteiger partial charge in [-0.3, -0.25) is 9.97 Å². The van der Waals surface area contributed by atoms with Crippen LogP contribution >= 0.6 is 0 Å². The van der Waals surface area contributed by atoms with E-state index in [4.69, 9.17) is 32.5 Å². The van der Waals surface area contributed by atoms with Gasteiger partial charge in [-0.15, -0.1) is 0 Å². The number of nitriles is 1. The van der Waals surface area contributed by atoms with Crippen molar-refractivity contribution in [3.8, 4) is 40.2 Å². The summed E-state index contributed by atoms with van der Waals surface area (Å²) >= 11 is 0. The predicted octanol–water partition coefficient (Wildman–Crippen LogP) is 8.72. The zero-order chi connectivity index (χ0) is 59.5. The number of halogens is 1. The van der Waals surface area contributed by atoms with Crippen LogP contribution in [0.4, 0.5) is 4.39 Å². The number of aliphatic hydroxyl groups is 5. The van der Waals surface area contributed by atoms with Gasteiger partial charge in [0.15, 0.2) is 6.29 Å². The second kappa shape index (κ2) is 20.8. The minimum atomic E-state index is -1.33. The van der Waals surface area contributed by atoms with Crippen molar-refractivity contribution in [2.24, 2.45) is 45.3 Å². The lowest BCUT2D eigenvalue weighted by Gasteiger charge is -2.67. The quantitative estimate of drug-likeness (QED) is 0.0975. The van der Waals surface area contributed by atoms with Gasteiger partial charge in [-0.2, -0.15) is 5.26 Å². The van der Waals surface area contributed by atoms with Crippen LogP contribution in [0.15, 0.2) is 128 Å². The second-order valence-corrected chi connectivity index (χ2v) is 25.5. The van der Waals surface area contributed by atoms with Gasteiger partial charge in [0.1, 0.15) is 57.3 Å². The van der Waals surface area contributed by atoms with E-state index in [0.29, 0.717) is 60.8 Å². The van der Waals surface area contributed by atoms with Gasteiger partial charge in [-0.25, -0.2) is 18.8 Å². The first-order valence-corrected chi connectivity index (χ1v) is 28.6. The Morgan fingerprint density at radius 1 is 0.714 bits per heavy atom. The van der Waals surface area contributed by atoms with E-state index < -0.39 is 105 Å². The molecule has 4 saturated carbocycles. The van der Waals surface area contributed by atoms with E-state index in [1.807, 2.05) is 20.8 Å². The topological polar surface area (TPSA) is 274 Å². The molecule has 7 heterocycles. The van der Waals surface area contributed by atoms with Gasteiger partial charge >= 0.3 is 17.2 Å². The monoisotopic (exact) mass is 1150 g/mol. The minimum Gasteiger partial charge on any atom is -0.484 e. The molecule has 440 valence electrons. The Labute approximate surface area is 483 Å². The molecule has 0 bridgehead atoms. The Balaban J connectivity index is 0.000000181. The molecule has 13 rings (SSSR count). The highest BCUT2D eigenvalue weighted by Crippen LogP contribution is 2.70. The molecule has 4 aromatic heterocycles. The van der Waals surface area contributed by atoms with E-state index in [9.17, 15) is 49.6 Å². The van der Waals surface area contributed by atoms with Crippen molar-refractivity contribution in [1.29, 1.82) is 5.26 Å². The van der Waals surface area contributed by atoms with E-state index in [0.717, 1.165) is 0 Å². The number of hydrogen-bond acceptors (Lipinski definition) is 18. The molecule has 0 radical (unpaired) electrons. The van der Waals surface area contributed by atoms with Crippen molar-refractivity contribution in [3.63, 3.8) is 0 Å². The second-order valence-electron chi connectivity index (χ2n) is 25.5. The van der Waals surface area contributed by atoms with Crippen molar-refractivity contribution in [2.45, 2.75) is 134 Å². The molecule has 0 spiro atoms. The lowest BCUT2D eigenvalue weighted by Crippen LogP contribution is -2.72. The number of nitrogens with zero attached hydrogens (tertiary/aromatic N) is 3. The first kappa shape index (κ1) is 57.3. The first-order valence-electron chi connectivity index (χ1n) is 28.6. The molecule has 5 N–H and O–H groups in total. The normalized spacial score (nSPS) is 36.9. The third-order valence-corrected chi connectivity index (χ3v) is 21.0. The van der Waals surface area contributed by atoms with E-state index in [2.05, 4.69) is 29.9 Å². The van der Waals surface area contributed by atoms with Crippen LogP contribution in [0.2, 0.25) is 0 Å². The summed E-state index contributed by atoms with van der Waals surface area (Å²) in [6.07, 6.45) is 2.74. The maximum absolute atomic E-state index is 14.8. The standard InChI is InChI=1S/C40H37FN2O8.C25H31NO7/c1-38-15-14-30-39(2,21-47-37(50-30)25-8-4-5-9-26(25)41)29(38)18-31(49-35(45)23-12-10-22(19-42)11-13-23)40(3)34(38)33(44)32-28(51-40)17-27(48-36(32)46)24-7-6-16-43-20-24;1-23-7-6-17(28)24(2,12-27)16(23)10-18(29)25(3)21(23)20(30)19-15(33-25)9-14(32-22(19)31)13-5-4-8-26-11-13/h4-13,16-17,20,29-31,33-34,37,44H,14-15,18,21H2,1-3H3;4-5,8-9,11,16-18,20-21,27-30H,6-7,10,12H2,1-3H3/t29?,30-,31-,33-,34?,37+,38-,39-,40+;16?,17-,18-,20-,21?,23-,24-,25+/m00/s1. The fraction of sp³-hybridized carbons (Fsp3) is 0.477. The Kier molecular flexibility index (Phi) is 14.2. The van der Waals surface area contributed by atoms with E-state index in [1.54, 1.807) is 98.4 Å². The SMILES string of the molecule is C[C@]12CC[C@@H]3O[C@H](c4ccccc4F)OC[C@@]3(C)C1C[C@H](OC(=O)c1ccc(C#N)cc1)[C@@]1(C)Oc3cc(-c4cccnc4)oc(=O)c3[C@H](O)C21.C[C@]12CC[C@H](O)[C@@](C)(CO)C1C[C@H](O)[C@@]1(C)Oc3cc(-c4cccnc4)oc(=O)c3[C@H](O)C21. The van der Waals surface area contributed by atoms with E-state index in [1.165, 1.54) is 18.2 Å². The number of carbonyl (C=O) groups is 1. The third-order valence-electron chi connectivity index (χ3n) is 21.0. The average molecular weight is 1150 g/mol. The summed E-state index contributed by atoms with van der Waals surface area (Å²) in [4.78, 5) is 48.7. The van der Waals surface area contributed by atoms with Gasteiger partial charge in [-0.1, -0.05) is 45.9 Å². The maximum Gasteiger partial charge on any atom is 0.345 e. The van der Waals surface area contributed by atoms with Gasteiger partial charge in [0.2, 0.25) is 0 Å². The number of aliphatic hydroxyl groups excluding tert-OH is 5. The molecule has 18 nitrogen and oxygen atoms in total. The summed E-state index contributed by atoms with van der Waals surface area (Å²) in [5.74, 6) is -2.12. The Hall–Kier alpha value is -7.15. The Morgan fingerprint density at radius 2 is 1.29 bits per heavy atom. The molecule has 4 unspecified atom stereocenters. The van der Waals surface area contributed by atoms with Crippen LogP contribution in [0.5, 0.6) is 11.5 Å². The van der Waals surface area contributed by atoms with Crippen molar-refractivity contribution < 1.29 is 67.2 Å². The molecule has 2 aromatic carbocycles. The third kappa shape index (κ3) is 8.84. The molecular weight excluding hydrogens is 1080 g/mol. The fourth-order valence-corrected chi connectivity index (χ4v) is 16.6. The number of rotatable bonds is 6. The molecule has 19 heteroatoms. The zero-order valence-corrected chi connectivity index (χ0v) is 47.4. The van der Waals surface area contributed by atoms with Crippen LogP contribution in [0.25, 0.3) is 22.6 Å². The molecule has 84 heavy (non-hydrogen) atoms. The highest BCUT2D eigenvalue weighted by Gasteiger charge is 2.72. The molecule has 3 aliphatic heterocycles. The van der Waals surface area contributed by atoms with E-state index in [-0.39, 0.29) is 70.9 Å². The van der Waals surface area contributed by atoms with Gasteiger partial charge < -0.3 is 58.1 Å². The van der Waals surface area contributed by atoms with Crippen molar-refractivity contribution in [1.82, 2.24) is 9.97 Å². The van der Waals surface area contributed by atoms with Crippen LogP contribution in [0.1, 0.15) is 131 Å². The van der Waals surface area contributed by atoms with Crippen LogP contribution in [-0.4, -0.2) is 90.3 Å². The van der Waals surface area contributed by atoms with Crippen LogP contribution < -0.4 is 20.7 Å². The van der Waals surface area contributed by atoms with Gasteiger partial charge in [-0.05, 0) is 130 Å². The van der Waals surface area contributed by atoms with Crippen LogP contribution in [-0.2, 0) is 14.2 Å². The lowest BCUT2D eigenvalue weighted by atomic mass is 9.42. The summed E-state index contributed by atoms with van der Waals surface area (Å²) in [7, 11) is 0. The lowest BCUT2D eigenvalue weighted by molar-refractivity contribution is -0.330. The number of esters is 1. The molecule has 6 aromatic rings. The minimum absolute atomic E-state index is 0.00666. The van der Waals surface area contributed by atoms with Crippen LogP contribution in [0.3, 0.4) is 0 Å². The van der Waals surface area contributed by atoms with Crippen LogP contribution in [0, 0.1) is 62.5 Å². The number of benzene rings is 2. The highest BCUT2D eigenvalue weighted by molar-refractivity contribution is 5.89. The molecule has 1 saturated heterocycles. The van der Waals surface area contributed by atoms with E-state index >= 15 is 0 Å². The largest absolute Gasteiger partial charge is 0.484 e. The Morgan fingerprint density at radius 3 is 1.86 bits per heavy atom. The number of pyridine rings is 2. The molecule has 0 amide bonds. The van der Waals surface area contributed by atoms with Gasteiger partial charge in [0, 0.05) is 76.3 Å². The number of ether oxygens (including phenoxy) is 5. The zero-order valence-electron chi connectivity index (χ0n) is 47.4.